The van der Waals surface area contributed by atoms with Crippen LogP contribution in [-0.4, -0.2) is 38.9 Å². The average molecular weight is 383 g/mol. The van der Waals surface area contributed by atoms with Gasteiger partial charge >= 0.3 is 0 Å². The first-order valence-electron chi connectivity index (χ1n) is 9.88. The third kappa shape index (κ3) is 4.84. The Morgan fingerprint density at radius 1 is 1.11 bits per heavy atom. The van der Waals surface area contributed by atoms with Crippen LogP contribution >= 0.6 is 0 Å². The summed E-state index contributed by atoms with van der Waals surface area (Å²) in [6, 6.07) is 17.7. The molecule has 1 fully saturated rings. The van der Waals surface area contributed by atoms with Gasteiger partial charge < -0.3 is 19.5 Å². The average Bonchev–Trinajstić information content (AvgIpc) is 2.77. The van der Waals surface area contributed by atoms with Crippen molar-refractivity contribution in [3.8, 4) is 11.5 Å². The molecule has 1 atom stereocenters. The van der Waals surface area contributed by atoms with E-state index in [0.29, 0.717) is 37.7 Å². The van der Waals surface area contributed by atoms with E-state index in [-0.39, 0.29) is 11.3 Å². The maximum Gasteiger partial charge on any atom is 0.261 e. The van der Waals surface area contributed by atoms with E-state index in [4.69, 9.17) is 14.2 Å². The van der Waals surface area contributed by atoms with E-state index in [9.17, 15) is 4.79 Å². The van der Waals surface area contributed by atoms with Gasteiger partial charge in [-0.15, -0.1) is 0 Å². The van der Waals surface area contributed by atoms with Gasteiger partial charge in [0.25, 0.3) is 5.91 Å². The van der Waals surface area contributed by atoms with Crippen LogP contribution in [0.2, 0.25) is 0 Å². The second-order valence-corrected chi connectivity index (χ2v) is 7.17. The molecule has 0 radical (unpaired) electrons. The molecular formula is C23H29NO4. The molecule has 0 bridgehead atoms. The Morgan fingerprint density at radius 3 is 2.50 bits per heavy atom. The van der Waals surface area contributed by atoms with Crippen molar-refractivity contribution in [2.75, 3.05) is 26.9 Å². The van der Waals surface area contributed by atoms with Gasteiger partial charge in [0.05, 0.1) is 7.11 Å². The van der Waals surface area contributed by atoms with Gasteiger partial charge in [0.2, 0.25) is 0 Å². The Bertz CT molecular complexity index is 756. The molecule has 28 heavy (non-hydrogen) atoms. The number of hydrogen-bond donors (Lipinski definition) is 1. The molecule has 1 amide bonds. The molecule has 5 nitrogen and oxygen atoms in total. The van der Waals surface area contributed by atoms with E-state index in [0.717, 1.165) is 12.8 Å². The highest BCUT2D eigenvalue weighted by molar-refractivity contribution is 5.81. The van der Waals surface area contributed by atoms with Crippen LogP contribution in [0.3, 0.4) is 0 Å². The van der Waals surface area contributed by atoms with Gasteiger partial charge in [-0.25, -0.2) is 0 Å². The molecule has 1 aliphatic heterocycles. The number of carbonyl (C=O) groups is 1. The summed E-state index contributed by atoms with van der Waals surface area (Å²) in [4.78, 5) is 12.9. The van der Waals surface area contributed by atoms with Gasteiger partial charge in [-0.05, 0) is 37.0 Å². The van der Waals surface area contributed by atoms with Gasteiger partial charge in [0.15, 0.2) is 6.10 Å². The number of rotatable bonds is 8. The zero-order valence-electron chi connectivity index (χ0n) is 16.6. The fraction of sp³-hybridized carbons (Fsp3) is 0.435. The fourth-order valence-electron chi connectivity index (χ4n) is 3.65. The SMILES string of the molecule is CC[C@@H](Oc1cccc(OC)c1)C(=O)NCC1(c2ccccc2)CCOCC1. The molecule has 0 saturated carbocycles. The Kier molecular flexibility index (Phi) is 6.93. The van der Waals surface area contributed by atoms with Gasteiger partial charge in [-0.2, -0.15) is 0 Å². The van der Waals surface area contributed by atoms with Crippen molar-refractivity contribution in [2.45, 2.75) is 37.7 Å². The van der Waals surface area contributed by atoms with Gasteiger partial charge in [-0.1, -0.05) is 43.3 Å². The molecule has 3 rings (SSSR count). The Hall–Kier alpha value is -2.53. The van der Waals surface area contributed by atoms with Crippen LogP contribution in [0.1, 0.15) is 31.7 Å². The molecule has 0 aliphatic carbocycles. The van der Waals surface area contributed by atoms with E-state index in [1.807, 2.05) is 31.2 Å². The minimum Gasteiger partial charge on any atom is -0.497 e. The third-order valence-electron chi connectivity index (χ3n) is 5.42. The first kappa shape index (κ1) is 20.2. The lowest BCUT2D eigenvalue weighted by atomic mass is 9.74. The monoisotopic (exact) mass is 383 g/mol. The molecule has 2 aromatic carbocycles. The lowest BCUT2D eigenvalue weighted by Crippen LogP contribution is -2.48. The zero-order chi connectivity index (χ0) is 19.8. The van der Waals surface area contributed by atoms with Crippen molar-refractivity contribution >= 4 is 5.91 Å². The second-order valence-electron chi connectivity index (χ2n) is 7.17. The number of amides is 1. The zero-order valence-corrected chi connectivity index (χ0v) is 16.6. The number of ether oxygens (including phenoxy) is 3. The second kappa shape index (κ2) is 9.60. The van der Waals surface area contributed by atoms with Crippen LogP contribution in [0.4, 0.5) is 0 Å². The van der Waals surface area contributed by atoms with E-state index in [1.165, 1.54) is 5.56 Å². The smallest absolute Gasteiger partial charge is 0.261 e. The van der Waals surface area contributed by atoms with E-state index in [2.05, 4.69) is 29.6 Å². The Morgan fingerprint density at radius 2 is 1.82 bits per heavy atom. The summed E-state index contributed by atoms with van der Waals surface area (Å²) in [7, 11) is 1.61. The van der Waals surface area contributed by atoms with E-state index in [1.54, 1.807) is 13.2 Å². The number of benzene rings is 2. The van der Waals surface area contributed by atoms with Crippen LogP contribution in [0.15, 0.2) is 54.6 Å². The highest BCUT2D eigenvalue weighted by Gasteiger charge is 2.35. The van der Waals surface area contributed by atoms with Crippen molar-refractivity contribution in [2.24, 2.45) is 0 Å². The molecule has 5 heteroatoms. The number of carbonyl (C=O) groups excluding carboxylic acids is 1. The normalized spacial score (nSPS) is 16.8. The highest BCUT2D eigenvalue weighted by Crippen LogP contribution is 2.34. The van der Waals surface area contributed by atoms with Crippen LogP contribution in [0, 0.1) is 0 Å². The summed E-state index contributed by atoms with van der Waals surface area (Å²) < 4.78 is 16.7. The number of methoxy groups -OCH3 is 1. The minimum absolute atomic E-state index is 0.0906. The molecule has 1 aliphatic rings. The van der Waals surface area contributed by atoms with Crippen molar-refractivity contribution in [1.82, 2.24) is 5.32 Å². The lowest BCUT2D eigenvalue weighted by Gasteiger charge is -2.38. The summed E-state index contributed by atoms with van der Waals surface area (Å²) in [5.41, 5.74) is 1.16. The Balaban J connectivity index is 1.67. The highest BCUT2D eigenvalue weighted by atomic mass is 16.5. The summed E-state index contributed by atoms with van der Waals surface area (Å²) in [5.74, 6) is 1.25. The predicted octanol–water partition coefficient (Wildman–Crippen LogP) is 3.72. The first-order valence-corrected chi connectivity index (χ1v) is 9.88. The van der Waals surface area contributed by atoms with Crippen molar-refractivity contribution in [3.63, 3.8) is 0 Å². The summed E-state index contributed by atoms with van der Waals surface area (Å²) in [5, 5.41) is 3.14. The quantitative estimate of drug-likeness (QED) is 0.755. The van der Waals surface area contributed by atoms with E-state index >= 15 is 0 Å². The van der Waals surface area contributed by atoms with Crippen LogP contribution in [0.25, 0.3) is 0 Å². The molecule has 1 saturated heterocycles. The number of hydrogen-bond acceptors (Lipinski definition) is 4. The summed E-state index contributed by atoms with van der Waals surface area (Å²) >= 11 is 0. The van der Waals surface area contributed by atoms with Crippen molar-refractivity contribution < 1.29 is 19.0 Å². The maximum atomic E-state index is 12.9. The van der Waals surface area contributed by atoms with Gasteiger partial charge in [0.1, 0.15) is 11.5 Å². The van der Waals surface area contributed by atoms with Crippen LogP contribution < -0.4 is 14.8 Å². The van der Waals surface area contributed by atoms with Gasteiger partial charge in [-0.3, -0.25) is 4.79 Å². The standard InChI is InChI=1S/C23H29NO4/c1-3-21(28-20-11-7-10-19(16-20)26-2)22(25)24-17-23(12-14-27-15-13-23)18-8-5-4-6-9-18/h4-11,16,21H,3,12-15,17H2,1-2H3,(H,24,25)/t21-/m1/s1. The molecule has 1 heterocycles. The molecule has 2 aromatic rings. The molecule has 150 valence electrons. The summed E-state index contributed by atoms with van der Waals surface area (Å²) in [6.45, 7) is 3.95. The minimum atomic E-state index is -0.542. The Labute approximate surface area is 167 Å². The molecule has 1 N–H and O–H groups in total. The predicted molar refractivity (Wildman–Crippen MR) is 109 cm³/mol. The molecule has 0 spiro atoms. The largest absolute Gasteiger partial charge is 0.497 e. The molecular weight excluding hydrogens is 354 g/mol. The number of nitrogens with one attached hydrogen (secondary N) is 1. The molecule has 0 unspecified atom stereocenters. The summed E-state index contributed by atoms with van der Waals surface area (Å²) in [6.07, 6.45) is 1.83. The van der Waals surface area contributed by atoms with Crippen molar-refractivity contribution in [3.05, 3.63) is 60.2 Å². The topological polar surface area (TPSA) is 56.8 Å². The molecule has 0 aromatic heterocycles. The lowest BCUT2D eigenvalue weighted by molar-refractivity contribution is -0.128. The third-order valence-corrected chi connectivity index (χ3v) is 5.42. The first-order chi connectivity index (χ1) is 13.7. The maximum absolute atomic E-state index is 12.9. The van der Waals surface area contributed by atoms with E-state index < -0.39 is 6.10 Å². The van der Waals surface area contributed by atoms with Crippen LogP contribution in [-0.2, 0) is 14.9 Å². The van der Waals surface area contributed by atoms with Crippen molar-refractivity contribution in [1.29, 1.82) is 0 Å². The van der Waals surface area contributed by atoms with Crippen LogP contribution in [0.5, 0.6) is 11.5 Å². The fourth-order valence-corrected chi connectivity index (χ4v) is 3.65. The van der Waals surface area contributed by atoms with Gasteiger partial charge in [0, 0.05) is 31.2 Å².